The van der Waals surface area contributed by atoms with E-state index in [1.165, 1.54) is 18.1 Å². The number of anilines is 1. The van der Waals surface area contributed by atoms with Gasteiger partial charge in [0.1, 0.15) is 11.4 Å². The number of benzene rings is 1. The molecular formula is C20H22N4O3S3. The van der Waals surface area contributed by atoms with Gasteiger partial charge in [-0.05, 0) is 48.6 Å². The number of carbonyl (C=O) groups excluding carboxylic acids is 1. The van der Waals surface area contributed by atoms with Gasteiger partial charge in [-0.1, -0.05) is 24.6 Å². The third-order valence-electron chi connectivity index (χ3n) is 4.89. The average Bonchev–Trinajstić information content (AvgIpc) is 3.06. The summed E-state index contributed by atoms with van der Waals surface area (Å²) in [5.41, 5.74) is 1.44. The Bertz CT molecular complexity index is 1120. The van der Waals surface area contributed by atoms with E-state index < -0.39 is 10.0 Å². The Morgan fingerprint density at radius 2 is 1.80 bits per heavy atom. The van der Waals surface area contributed by atoms with Gasteiger partial charge in [0, 0.05) is 18.8 Å². The van der Waals surface area contributed by atoms with Crippen molar-refractivity contribution in [3.05, 3.63) is 42.0 Å². The molecule has 0 saturated carbocycles. The van der Waals surface area contributed by atoms with Crippen LogP contribution < -0.4 is 5.32 Å². The van der Waals surface area contributed by atoms with Crippen molar-refractivity contribution in [1.29, 1.82) is 0 Å². The van der Waals surface area contributed by atoms with Crippen LogP contribution in [0.2, 0.25) is 0 Å². The molecule has 30 heavy (non-hydrogen) atoms. The van der Waals surface area contributed by atoms with Crippen LogP contribution in [0.4, 0.5) is 5.69 Å². The van der Waals surface area contributed by atoms with Crippen LogP contribution in [-0.2, 0) is 14.8 Å². The zero-order chi connectivity index (χ0) is 21.0. The summed E-state index contributed by atoms with van der Waals surface area (Å²) in [7, 11) is -3.49. The van der Waals surface area contributed by atoms with Gasteiger partial charge in [0.05, 0.1) is 20.9 Å². The first kappa shape index (κ1) is 21.2. The number of nitrogens with one attached hydrogen (secondary N) is 1. The van der Waals surface area contributed by atoms with E-state index in [-0.39, 0.29) is 16.6 Å². The maximum Gasteiger partial charge on any atom is 0.243 e. The molecule has 0 spiro atoms. The zero-order valence-electron chi connectivity index (χ0n) is 16.3. The quantitative estimate of drug-likeness (QED) is 0.440. The molecule has 1 aliphatic heterocycles. The molecule has 0 radical (unpaired) electrons. The lowest BCUT2D eigenvalue weighted by Crippen LogP contribution is -2.31. The van der Waals surface area contributed by atoms with Crippen LogP contribution in [-0.4, -0.2) is 47.4 Å². The Morgan fingerprint density at radius 3 is 2.53 bits per heavy atom. The molecule has 1 amide bonds. The first-order valence-electron chi connectivity index (χ1n) is 9.75. The Balaban J connectivity index is 1.37. The van der Waals surface area contributed by atoms with E-state index in [1.807, 2.05) is 11.4 Å². The number of nitrogens with zero attached hydrogens (tertiary/aromatic N) is 3. The monoisotopic (exact) mass is 462 g/mol. The smallest absolute Gasteiger partial charge is 0.243 e. The lowest BCUT2D eigenvalue weighted by Gasteiger charge is -2.20. The third-order valence-corrected chi connectivity index (χ3v) is 8.83. The molecule has 0 bridgehead atoms. The Morgan fingerprint density at radius 1 is 1.07 bits per heavy atom. The summed E-state index contributed by atoms with van der Waals surface area (Å²) in [6, 6.07) is 8.31. The molecule has 10 heteroatoms. The molecule has 7 nitrogen and oxygen atoms in total. The summed E-state index contributed by atoms with van der Waals surface area (Å²) >= 11 is 2.90. The van der Waals surface area contributed by atoms with Crippen LogP contribution in [0.15, 0.2) is 52.0 Å². The van der Waals surface area contributed by atoms with Gasteiger partial charge in [0.2, 0.25) is 15.9 Å². The van der Waals surface area contributed by atoms with Crippen molar-refractivity contribution in [1.82, 2.24) is 14.3 Å². The maximum absolute atomic E-state index is 12.8. The molecule has 158 valence electrons. The molecule has 4 rings (SSSR count). The largest absolute Gasteiger partial charge is 0.325 e. The second kappa shape index (κ2) is 9.42. The Hall–Kier alpha value is -2.01. The summed E-state index contributed by atoms with van der Waals surface area (Å²) in [5, 5.41) is 5.54. The molecule has 3 aromatic rings. The minimum Gasteiger partial charge on any atom is -0.325 e. The highest BCUT2D eigenvalue weighted by Gasteiger charge is 2.25. The highest BCUT2D eigenvalue weighted by molar-refractivity contribution is 8.00. The topological polar surface area (TPSA) is 92.3 Å². The van der Waals surface area contributed by atoms with Crippen molar-refractivity contribution in [2.45, 2.75) is 35.6 Å². The summed E-state index contributed by atoms with van der Waals surface area (Å²) in [6.07, 6.45) is 5.44. The van der Waals surface area contributed by atoms with Gasteiger partial charge in [0.15, 0.2) is 0 Å². The van der Waals surface area contributed by atoms with Crippen LogP contribution in [0.1, 0.15) is 25.7 Å². The standard InChI is InChI=1S/C20H22N4O3S3/c25-18(13-29-20-19-17(9-12-28-19)21-14-22-20)23-15-5-7-16(8-6-15)30(26,27)24-10-3-1-2-4-11-24/h5-9,12,14H,1-4,10-11,13H2,(H,23,25). The van der Waals surface area contributed by atoms with Crippen molar-refractivity contribution < 1.29 is 13.2 Å². The number of thioether (sulfide) groups is 1. The minimum atomic E-state index is -3.49. The normalized spacial score (nSPS) is 15.7. The van der Waals surface area contributed by atoms with Crippen molar-refractivity contribution >= 4 is 54.9 Å². The van der Waals surface area contributed by atoms with Crippen molar-refractivity contribution in [2.24, 2.45) is 0 Å². The fourth-order valence-corrected chi connectivity index (χ4v) is 6.61. The van der Waals surface area contributed by atoms with E-state index in [0.29, 0.717) is 18.8 Å². The molecule has 1 aromatic carbocycles. The number of fused-ring (bicyclic) bond motifs is 1. The van der Waals surface area contributed by atoms with Gasteiger partial charge in [-0.2, -0.15) is 4.31 Å². The predicted octanol–water partition coefficient (Wildman–Crippen LogP) is 3.99. The van der Waals surface area contributed by atoms with Crippen molar-refractivity contribution in [3.8, 4) is 0 Å². The lowest BCUT2D eigenvalue weighted by molar-refractivity contribution is -0.113. The Kier molecular flexibility index (Phi) is 6.67. The van der Waals surface area contributed by atoms with E-state index in [4.69, 9.17) is 0 Å². The number of thiophene rings is 1. The highest BCUT2D eigenvalue weighted by Crippen LogP contribution is 2.28. The van der Waals surface area contributed by atoms with Gasteiger partial charge < -0.3 is 5.32 Å². The van der Waals surface area contributed by atoms with Crippen LogP contribution in [0.25, 0.3) is 10.2 Å². The number of sulfonamides is 1. The van der Waals surface area contributed by atoms with Gasteiger partial charge in [0.25, 0.3) is 0 Å². The summed E-state index contributed by atoms with van der Waals surface area (Å²) in [6.45, 7) is 1.14. The molecule has 1 aliphatic rings. The molecule has 1 saturated heterocycles. The van der Waals surface area contributed by atoms with Crippen LogP contribution in [0.5, 0.6) is 0 Å². The molecule has 0 atom stereocenters. The lowest BCUT2D eigenvalue weighted by atomic mass is 10.2. The fraction of sp³-hybridized carbons (Fsp3) is 0.350. The predicted molar refractivity (Wildman–Crippen MR) is 120 cm³/mol. The fourth-order valence-electron chi connectivity index (χ4n) is 3.34. The number of amides is 1. The average molecular weight is 463 g/mol. The number of rotatable bonds is 6. The molecule has 2 aromatic heterocycles. The number of hydrogen-bond acceptors (Lipinski definition) is 7. The van der Waals surface area contributed by atoms with Gasteiger partial charge in [-0.15, -0.1) is 11.3 Å². The molecule has 1 N–H and O–H groups in total. The summed E-state index contributed by atoms with van der Waals surface area (Å²) < 4.78 is 28.2. The zero-order valence-corrected chi connectivity index (χ0v) is 18.7. The molecule has 3 heterocycles. The molecule has 0 aliphatic carbocycles. The second-order valence-corrected chi connectivity index (χ2v) is 10.8. The molecule has 0 unspecified atom stereocenters. The van der Waals surface area contributed by atoms with Crippen LogP contribution >= 0.6 is 23.1 Å². The molecular weight excluding hydrogens is 440 g/mol. The van der Waals surface area contributed by atoms with Crippen LogP contribution in [0, 0.1) is 0 Å². The van der Waals surface area contributed by atoms with E-state index in [1.54, 1.807) is 39.9 Å². The molecule has 1 fully saturated rings. The third kappa shape index (κ3) is 4.83. The van der Waals surface area contributed by atoms with E-state index in [0.717, 1.165) is 40.9 Å². The summed E-state index contributed by atoms with van der Waals surface area (Å²) in [5.74, 6) is 0.0316. The van der Waals surface area contributed by atoms with Crippen molar-refractivity contribution in [2.75, 3.05) is 24.2 Å². The maximum atomic E-state index is 12.8. The van der Waals surface area contributed by atoms with Gasteiger partial charge in [-0.25, -0.2) is 18.4 Å². The first-order chi connectivity index (χ1) is 14.5. The van der Waals surface area contributed by atoms with E-state index in [9.17, 15) is 13.2 Å². The van der Waals surface area contributed by atoms with Gasteiger partial charge in [-0.3, -0.25) is 4.79 Å². The Labute approximate surface area is 184 Å². The van der Waals surface area contributed by atoms with Gasteiger partial charge >= 0.3 is 0 Å². The highest BCUT2D eigenvalue weighted by atomic mass is 32.2. The minimum absolute atomic E-state index is 0.175. The summed E-state index contributed by atoms with van der Waals surface area (Å²) in [4.78, 5) is 21.0. The number of hydrogen-bond donors (Lipinski definition) is 1. The second-order valence-electron chi connectivity index (χ2n) is 6.99. The van der Waals surface area contributed by atoms with Crippen molar-refractivity contribution in [3.63, 3.8) is 0 Å². The SMILES string of the molecule is O=C(CSc1ncnc2ccsc12)Nc1ccc(S(=O)(=O)N2CCCCCC2)cc1. The van der Waals surface area contributed by atoms with E-state index >= 15 is 0 Å². The number of carbonyl (C=O) groups is 1. The van der Waals surface area contributed by atoms with E-state index in [2.05, 4.69) is 15.3 Å². The number of aromatic nitrogens is 2. The van der Waals surface area contributed by atoms with Crippen LogP contribution in [0.3, 0.4) is 0 Å². The first-order valence-corrected chi connectivity index (χ1v) is 13.1.